The third-order valence-electron chi connectivity index (χ3n) is 17.7. The van der Waals surface area contributed by atoms with Crippen LogP contribution < -0.4 is 21.3 Å². The standard InChI is InChI=1S/C70H125N11O16S/c1-26-29-31-45(14)58(83)57-62(87)73-48(30-27-2)64(89)79(23)53(39-98-33-32-96-38-54(82)97-28-3)67(92)78(22)52(37-70(17,18)95)61(86)74-55(43(10)11)68(93)75(19)49(34-40(4)5)60(85)71-46(15)59(84)72-47(16)63(88)76(20)50(35-41(6)7)65(90)77(21)51(36-42(8)9)66(91)80(24)56(44(12)13)69(94)81(57)25/h26,29,40-53,55-58,83,95H,27-28,30-39H2,1-25H3,(H,71,85)(H,72,84)(H,73,87)(H,74,86)/b29-26+/t45-,46-,47+,48+,49-,50+,51+,52+,53-,55-,56+,57+,58-/m1/s1. The Morgan fingerprint density at radius 3 is 1.50 bits per heavy atom. The van der Waals surface area contributed by atoms with Gasteiger partial charge in [-0.05, 0) is 109 Å². The fourth-order valence-corrected chi connectivity index (χ4v) is 12.8. The van der Waals surface area contributed by atoms with E-state index in [1.807, 2.05) is 41.5 Å². The Balaban J connectivity index is 4.61. The summed E-state index contributed by atoms with van der Waals surface area (Å²) in [5.41, 5.74) is -1.63. The number of esters is 1. The van der Waals surface area contributed by atoms with E-state index in [1.165, 1.54) is 108 Å². The van der Waals surface area contributed by atoms with Gasteiger partial charge in [-0.25, -0.2) is 4.79 Å². The molecule has 1 heterocycles. The molecule has 0 aromatic heterocycles. The predicted octanol–water partition coefficient (Wildman–Crippen LogP) is 3.46. The van der Waals surface area contributed by atoms with E-state index in [-0.39, 0.29) is 81.2 Å². The summed E-state index contributed by atoms with van der Waals surface area (Å²) in [5.74, 6) is -11.3. The highest BCUT2D eigenvalue weighted by molar-refractivity contribution is 7.99. The van der Waals surface area contributed by atoms with Crippen molar-refractivity contribution >= 4 is 82.7 Å². The largest absolute Gasteiger partial charge is 0.464 e. The third-order valence-corrected chi connectivity index (χ3v) is 18.7. The quantitative estimate of drug-likeness (QED) is 0.0458. The lowest BCUT2D eigenvalue weighted by molar-refractivity contribution is -0.157. The van der Waals surface area contributed by atoms with Crippen molar-refractivity contribution in [3.63, 3.8) is 0 Å². The van der Waals surface area contributed by atoms with Crippen LogP contribution >= 0.6 is 11.8 Å². The lowest BCUT2D eigenvalue weighted by Gasteiger charge is -2.41. The van der Waals surface area contributed by atoms with Crippen LogP contribution in [0.15, 0.2) is 12.2 Å². The number of amides is 11. The maximum absolute atomic E-state index is 15.4. The molecule has 6 N–H and O–H groups in total. The van der Waals surface area contributed by atoms with Crippen molar-refractivity contribution in [3.8, 4) is 0 Å². The molecule has 1 rings (SSSR count). The number of hydrogen-bond acceptors (Lipinski definition) is 17. The molecule has 11 amide bonds. The molecular formula is C70H125N11O16S. The van der Waals surface area contributed by atoms with Crippen LogP contribution in [0, 0.1) is 35.5 Å². The first-order valence-electron chi connectivity index (χ1n) is 34.8. The molecule has 0 saturated carbocycles. The predicted molar refractivity (Wildman–Crippen MR) is 378 cm³/mol. The number of ether oxygens (including phenoxy) is 2. The molecule has 98 heavy (non-hydrogen) atoms. The Bertz CT molecular complexity index is 2690. The summed E-state index contributed by atoms with van der Waals surface area (Å²) in [6.45, 7) is 30.3. The number of carbonyl (C=O) groups is 12. The first-order valence-corrected chi connectivity index (χ1v) is 35.9. The number of hydrogen-bond donors (Lipinski definition) is 6. The van der Waals surface area contributed by atoms with E-state index in [0.29, 0.717) is 6.42 Å². The molecule has 0 radical (unpaired) electrons. The molecule has 1 saturated heterocycles. The minimum absolute atomic E-state index is 0.0119. The minimum Gasteiger partial charge on any atom is -0.464 e. The summed E-state index contributed by atoms with van der Waals surface area (Å²) < 4.78 is 10.5. The highest BCUT2D eigenvalue weighted by Gasteiger charge is 2.47. The number of likely N-dealkylation sites (N-methyl/N-ethyl adjacent to an activating group) is 7. The van der Waals surface area contributed by atoms with E-state index >= 15 is 33.6 Å². The highest BCUT2D eigenvalue weighted by Crippen LogP contribution is 2.27. The number of aliphatic hydroxyl groups excluding tert-OH is 1. The van der Waals surface area contributed by atoms with E-state index in [9.17, 15) is 34.2 Å². The number of nitrogens with zero attached hydrogens (tertiary/aromatic N) is 7. The molecule has 0 aromatic rings. The molecule has 27 nitrogen and oxygen atoms in total. The summed E-state index contributed by atoms with van der Waals surface area (Å²) in [6.07, 6.45) is 2.47. The van der Waals surface area contributed by atoms with Gasteiger partial charge in [0, 0.05) is 67.3 Å². The number of carbonyl (C=O) groups excluding carboxylic acids is 12. The summed E-state index contributed by atoms with van der Waals surface area (Å²) >= 11 is 1.17. The van der Waals surface area contributed by atoms with Crippen LogP contribution in [0.2, 0.25) is 0 Å². The van der Waals surface area contributed by atoms with Gasteiger partial charge in [-0.15, -0.1) is 0 Å². The molecule has 28 heteroatoms. The van der Waals surface area contributed by atoms with E-state index in [0.717, 1.165) is 14.7 Å². The summed E-state index contributed by atoms with van der Waals surface area (Å²) in [4.78, 5) is 185. The van der Waals surface area contributed by atoms with E-state index in [1.54, 1.807) is 67.5 Å². The topological polar surface area (TPSA) is 335 Å². The Morgan fingerprint density at radius 1 is 0.551 bits per heavy atom. The Kier molecular flexibility index (Phi) is 38.4. The number of rotatable bonds is 24. The molecule has 1 aliphatic heterocycles. The van der Waals surface area contributed by atoms with Crippen LogP contribution in [0.3, 0.4) is 0 Å². The SMILES string of the molecule is C/C=C/C[C@@H](C)[C@@H](O)[C@H]1C(=O)N[C@@H](CCC)C(=O)N(C)[C@H](CSCCOCC(=O)OCC)C(=O)N(C)[C@@H](CC(C)(C)O)C(=O)N[C@H](C(C)C)C(=O)N(C)[C@H](CC(C)C)C(=O)N[C@H](C)C(=O)N[C@@H](C)C(=O)N(C)[C@@H](CC(C)C)C(=O)N(C)[C@@H](CC(C)C)C(=O)N(C)[C@@H](C(C)C)C(=O)N1C. The van der Waals surface area contributed by atoms with Crippen LogP contribution in [-0.2, 0) is 67.0 Å². The maximum atomic E-state index is 15.4. The fraction of sp³-hybridized carbons (Fsp3) is 0.800. The normalized spacial score (nSPS) is 25.7. The fourth-order valence-electron chi connectivity index (χ4n) is 11.9. The molecule has 1 aliphatic rings. The molecular weight excluding hydrogens is 1280 g/mol. The summed E-state index contributed by atoms with van der Waals surface area (Å²) in [6, 6.07) is -14.9. The van der Waals surface area contributed by atoms with Gasteiger partial charge in [0.15, 0.2) is 0 Å². The van der Waals surface area contributed by atoms with Crippen molar-refractivity contribution in [1.82, 2.24) is 55.6 Å². The van der Waals surface area contributed by atoms with Gasteiger partial charge >= 0.3 is 5.97 Å². The number of aliphatic hydroxyl groups is 2. The van der Waals surface area contributed by atoms with Gasteiger partial charge in [-0.2, -0.15) is 11.8 Å². The lowest BCUT2D eigenvalue weighted by Crippen LogP contribution is -2.64. The molecule has 13 atom stereocenters. The van der Waals surface area contributed by atoms with Crippen LogP contribution in [0.5, 0.6) is 0 Å². The zero-order valence-electron chi connectivity index (χ0n) is 63.7. The molecule has 0 unspecified atom stereocenters. The average Bonchev–Trinajstić information content (AvgIpc) is 0.805. The van der Waals surface area contributed by atoms with Crippen molar-refractivity contribution in [2.45, 2.75) is 248 Å². The van der Waals surface area contributed by atoms with Gasteiger partial charge in [-0.3, -0.25) is 52.7 Å². The second kappa shape index (κ2) is 42.0. The van der Waals surface area contributed by atoms with Gasteiger partial charge in [0.05, 0.1) is 24.9 Å². The Morgan fingerprint density at radius 2 is 1.01 bits per heavy atom. The van der Waals surface area contributed by atoms with Gasteiger partial charge in [0.2, 0.25) is 65.0 Å². The molecule has 1 fully saturated rings. The van der Waals surface area contributed by atoms with Gasteiger partial charge < -0.3 is 75.3 Å². The van der Waals surface area contributed by atoms with Crippen LogP contribution in [-0.4, -0.2) is 274 Å². The van der Waals surface area contributed by atoms with E-state index in [2.05, 4.69) is 21.3 Å². The monoisotopic (exact) mass is 1410 g/mol. The molecule has 0 aliphatic carbocycles. The van der Waals surface area contributed by atoms with E-state index < -0.39 is 173 Å². The van der Waals surface area contributed by atoms with Crippen molar-refractivity contribution in [3.05, 3.63) is 12.2 Å². The van der Waals surface area contributed by atoms with E-state index in [4.69, 9.17) is 9.47 Å². The zero-order valence-corrected chi connectivity index (χ0v) is 64.5. The van der Waals surface area contributed by atoms with Crippen molar-refractivity contribution < 1.29 is 77.2 Å². The highest BCUT2D eigenvalue weighted by atomic mass is 32.2. The van der Waals surface area contributed by atoms with Crippen molar-refractivity contribution in [2.24, 2.45) is 35.5 Å². The molecule has 0 bridgehead atoms. The second-order valence-electron chi connectivity index (χ2n) is 29.0. The first kappa shape index (κ1) is 89.6. The molecule has 0 spiro atoms. The zero-order chi connectivity index (χ0) is 75.7. The lowest BCUT2D eigenvalue weighted by atomic mass is 9.91. The summed E-state index contributed by atoms with van der Waals surface area (Å²) in [7, 11) is 9.68. The Hall–Kier alpha value is -6.39. The number of nitrogens with one attached hydrogen (secondary N) is 4. The van der Waals surface area contributed by atoms with Crippen molar-refractivity contribution in [1.29, 1.82) is 0 Å². The van der Waals surface area contributed by atoms with Crippen LogP contribution in [0.25, 0.3) is 0 Å². The molecule has 562 valence electrons. The van der Waals surface area contributed by atoms with Gasteiger partial charge in [-0.1, -0.05) is 102 Å². The number of thioether (sulfide) groups is 1. The minimum atomic E-state index is -1.70. The van der Waals surface area contributed by atoms with Gasteiger partial charge in [0.1, 0.15) is 73.1 Å². The third kappa shape index (κ3) is 26.9. The average molecular weight is 1410 g/mol. The van der Waals surface area contributed by atoms with Crippen LogP contribution in [0.4, 0.5) is 0 Å². The maximum Gasteiger partial charge on any atom is 0.332 e. The smallest absolute Gasteiger partial charge is 0.332 e. The number of allylic oxidation sites excluding steroid dienone is 2. The van der Waals surface area contributed by atoms with Crippen LogP contribution in [0.1, 0.15) is 170 Å². The molecule has 0 aromatic carbocycles. The summed E-state index contributed by atoms with van der Waals surface area (Å²) in [5, 5.41) is 34.8. The van der Waals surface area contributed by atoms with Crippen molar-refractivity contribution in [2.75, 3.05) is 80.7 Å². The Labute approximate surface area is 589 Å². The first-order chi connectivity index (χ1) is 45.4. The second-order valence-corrected chi connectivity index (χ2v) is 30.2. The van der Waals surface area contributed by atoms with Gasteiger partial charge in [0.25, 0.3) is 0 Å².